The maximum Gasteiger partial charge on any atom is 0.247 e. The SMILES string of the molecule is C/C(=N/OCc1c(F)ccc(Cl)c1F)[C@H]1O[C@@H](Oc2ccc(/C=C(\C)C(=O)N[C@@H]3[C@H](O)[C@@H](O)[C@H]4OCO[C@H]4[C@@H]3O)cc2O)C[C@@H]1O. The van der Waals surface area contributed by atoms with E-state index in [0.29, 0.717) is 5.56 Å². The molecule has 1 amide bonds. The summed E-state index contributed by atoms with van der Waals surface area (Å²) in [4.78, 5) is 17.9. The molecule has 2 saturated heterocycles. The highest BCUT2D eigenvalue weighted by molar-refractivity contribution is 6.30. The average molecular weight is 671 g/mol. The molecule has 13 nitrogen and oxygen atoms in total. The highest BCUT2D eigenvalue weighted by atomic mass is 35.5. The molecule has 3 fully saturated rings. The molecule has 1 aliphatic carbocycles. The van der Waals surface area contributed by atoms with Gasteiger partial charge in [0, 0.05) is 12.0 Å². The van der Waals surface area contributed by atoms with Gasteiger partial charge in [-0.25, -0.2) is 8.78 Å². The number of ether oxygens (including phenoxy) is 4. The Labute approximate surface area is 266 Å². The van der Waals surface area contributed by atoms with Gasteiger partial charge in [-0.3, -0.25) is 4.79 Å². The van der Waals surface area contributed by atoms with E-state index in [1.165, 1.54) is 32.1 Å². The quantitative estimate of drug-likeness (QED) is 0.0982. The molecule has 0 unspecified atom stereocenters. The molecule has 0 radical (unpaired) electrons. The molecule has 250 valence electrons. The van der Waals surface area contributed by atoms with Crippen molar-refractivity contribution in [2.45, 2.75) is 81.9 Å². The number of aliphatic hydroxyl groups is 4. The second-order valence-electron chi connectivity index (χ2n) is 11.1. The van der Waals surface area contributed by atoms with E-state index in [0.717, 1.165) is 12.1 Å². The van der Waals surface area contributed by atoms with Gasteiger partial charge in [-0.1, -0.05) is 22.8 Å². The second-order valence-corrected chi connectivity index (χ2v) is 11.5. The van der Waals surface area contributed by atoms with Crippen molar-refractivity contribution >= 4 is 29.3 Å². The lowest BCUT2D eigenvalue weighted by atomic mass is 9.83. The first kappa shape index (κ1) is 33.9. The molecule has 2 aromatic carbocycles. The summed E-state index contributed by atoms with van der Waals surface area (Å²) in [7, 11) is 0. The lowest BCUT2D eigenvalue weighted by Crippen LogP contribution is -2.67. The molecule has 16 heteroatoms. The predicted octanol–water partition coefficient (Wildman–Crippen LogP) is 1.50. The smallest absolute Gasteiger partial charge is 0.247 e. The number of nitrogens with zero attached hydrogens (tertiary/aromatic N) is 1. The van der Waals surface area contributed by atoms with Crippen LogP contribution in [0.25, 0.3) is 6.08 Å². The lowest BCUT2D eigenvalue weighted by molar-refractivity contribution is -0.155. The van der Waals surface area contributed by atoms with Crippen molar-refractivity contribution in [2.24, 2.45) is 5.16 Å². The highest BCUT2D eigenvalue weighted by Crippen LogP contribution is 2.33. The van der Waals surface area contributed by atoms with Gasteiger partial charge in [-0.2, -0.15) is 0 Å². The minimum atomic E-state index is -1.50. The Morgan fingerprint density at radius 1 is 1.09 bits per heavy atom. The Bertz CT molecular complexity index is 1510. The number of benzene rings is 2. The van der Waals surface area contributed by atoms with Gasteiger partial charge in [0.25, 0.3) is 0 Å². The summed E-state index contributed by atoms with van der Waals surface area (Å²) in [5, 5.41) is 58.4. The van der Waals surface area contributed by atoms with Gasteiger partial charge in [0.1, 0.15) is 55.8 Å². The molecule has 2 heterocycles. The van der Waals surface area contributed by atoms with Crippen LogP contribution in [0.3, 0.4) is 0 Å². The molecule has 2 aromatic rings. The molecule has 2 aliphatic heterocycles. The Kier molecular flexibility index (Phi) is 10.4. The number of hydrogen-bond acceptors (Lipinski definition) is 12. The Balaban J connectivity index is 1.16. The van der Waals surface area contributed by atoms with E-state index in [9.17, 15) is 39.1 Å². The Hall–Kier alpha value is -3.41. The summed E-state index contributed by atoms with van der Waals surface area (Å²) in [5.74, 6) is -2.74. The maximum atomic E-state index is 14.1. The largest absolute Gasteiger partial charge is 0.504 e. The summed E-state index contributed by atoms with van der Waals surface area (Å²) >= 11 is 5.68. The van der Waals surface area contributed by atoms with Gasteiger partial charge in [-0.05, 0) is 49.8 Å². The first-order chi connectivity index (χ1) is 21.8. The monoisotopic (exact) mass is 670 g/mol. The molecule has 9 atom stereocenters. The van der Waals surface area contributed by atoms with Crippen LogP contribution < -0.4 is 10.1 Å². The van der Waals surface area contributed by atoms with Gasteiger partial charge in [0.05, 0.1) is 28.4 Å². The van der Waals surface area contributed by atoms with Crippen LogP contribution in [0.4, 0.5) is 8.78 Å². The number of phenols is 1. The first-order valence-electron chi connectivity index (χ1n) is 14.2. The molecular weight excluding hydrogens is 638 g/mol. The van der Waals surface area contributed by atoms with Crippen molar-refractivity contribution in [3.05, 3.63) is 63.7 Å². The third kappa shape index (κ3) is 7.11. The standard InChI is InChI=1S/C30H33ClF2N2O11/c1-12(30(41)34-23-24(38)26(40)29-28(25(23)39)42-11-43-29)7-14-3-6-20(18(36)8-14)45-21-9-19(37)27(46-21)13(2)35-44-10-15-17(32)5-4-16(31)22(15)33/h3-8,19,21,23-29,36-40H,9-11H2,1-2H3,(H,34,41)/b12-7+,35-13-/t19-,21+,23+,24-,25+,26+,27+,28-,29+/m0/s1. The number of aliphatic hydroxyl groups excluding tert-OH is 4. The fourth-order valence-corrected chi connectivity index (χ4v) is 5.61. The van der Waals surface area contributed by atoms with Crippen molar-refractivity contribution in [1.82, 2.24) is 5.32 Å². The summed E-state index contributed by atoms with van der Waals surface area (Å²) < 4.78 is 49.9. The number of oxime groups is 1. The predicted molar refractivity (Wildman–Crippen MR) is 156 cm³/mol. The summed E-state index contributed by atoms with van der Waals surface area (Å²) in [5.41, 5.74) is 0.340. The van der Waals surface area contributed by atoms with Gasteiger partial charge in [-0.15, -0.1) is 0 Å². The zero-order valence-corrected chi connectivity index (χ0v) is 25.3. The van der Waals surface area contributed by atoms with Crippen LogP contribution in [0.5, 0.6) is 11.5 Å². The van der Waals surface area contributed by atoms with Crippen LogP contribution in [-0.4, -0.2) is 99.0 Å². The lowest BCUT2D eigenvalue weighted by Gasteiger charge is -2.41. The molecule has 5 rings (SSSR count). The van der Waals surface area contributed by atoms with Gasteiger partial charge >= 0.3 is 0 Å². The number of aromatic hydroxyl groups is 1. The number of phenolic OH excluding ortho intramolecular Hbond substituents is 1. The number of nitrogens with one attached hydrogen (secondary N) is 1. The molecule has 6 N–H and O–H groups in total. The summed E-state index contributed by atoms with van der Waals surface area (Å²) in [6, 6.07) is 5.16. The molecule has 1 saturated carbocycles. The van der Waals surface area contributed by atoms with E-state index in [2.05, 4.69) is 10.5 Å². The van der Waals surface area contributed by atoms with E-state index < -0.39 is 84.8 Å². The minimum absolute atomic E-state index is 0.00177. The van der Waals surface area contributed by atoms with Crippen LogP contribution in [0.1, 0.15) is 31.4 Å². The fourth-order valence-electron chi connectivity index (χ4n) is 5.44. The number of amides is 1. The third-order valence-electron chi connectivity index (χ3n) is 7.93. The number of hydrogen-bond donors (Lipinski definition) is 6. The van der Waals surface area contributed by atoms with Crippen LogP contribution in [0.15, 0.2) is 41.1 Å². The molecule has 3 aliphatic rings. The summed E-state index contributed by atoms with van der Waals surface area (Å²) in [6.45, 7) is 2.26. The van der Waals surface area contributed by atoms with E-state index >= 15 is 0 Å². The van der Waals surface area contributed by atoms with Crippen molar-refractivity contribution < 1.29 is 62.9 Å². The summed E-state index contributed by atoms with van der Waals surface area (Å²) in [6.07, 6.45) is -7.63. The van der Waals surface area contributed by atoms with E-state index in [1.54, 1.807) is 6.07 Å². The normalized spacial score (nSPS) is 31.5. The van der Waals surface area contributed by atoms with Crippen LogP contribution in [0.2, 0.25) is 5.02 Å². The molecule has 0 aromatic heterocycles. The Morgan fingerprint density at radius 2 is 1.80 bits per heavy atom. The van der Waals surface area contributed by atoms with Gasteiger partial charge < -0.3 is 54.6 Å². The van der Waals surface area contributed by atoms with E-state index in [1.807, 2.05) is 0 Å². The fraction of sp³-hybridized carbons (Fsp3) is 0.467. The van der Waals surface area contributed by atoms with Crippen molar-refractivity contribution in [1.29, 1.82) is 0 Å². The maximum absolute atomic E-state index is 14.1. The zero-order valence-electron chi connectivity index (χ0n) is 24.5. The second kappa shape index (κ2) is 14.1. The van der Waals surface area contributed by atoms with Gasteiger partial charge in [0.2, 0.25) is 12.2 Å². The van der Waals surface area contributed by atoms with E-state index in [-0.39, 0.29) is 41.0 Å². The van der Waals surface area contributed by atoms with Gasteiger partial charge in [0.15, 0.2) is 17.3 Å². The van der Waals surface area contributed by atoms with Crippen molar-refractivity contribution in [2.75, 3.05) is 6.79 Å². The number of halogens is 3. The number of fused-ring (bicyclic) bond motifs is 1. The van der Waals surface area contributed by atoms with E-state index in [4.69, 9.17) is 35.4 Å². The van der Waals surface area contributed by atoms with Crippen LogP contribution in [0, 0.1) is 11.6 Å². The third-order valence-corrected chi connectivity index (χ3v) is 8.23. The van der Waals surface area contributed by atoms with Crippen LogP contribution in [-0.2, 0) is 30.4 Å². The highest BCUT2D eigenvalue weighted by Gasteiger charge is 2.53. The number of rotatable bonds is 9. The molecule has 46 heavy (non-hydrogen) atoms. The number of carbonyl (C=O) groups excluding carboxylic acids is 1. The topological polar surface area (TPSA) is 189 Å². The van der Waals surface area contributed by atoms with Crippen molar-refractivity contribution in [3.63, 3.8) is 0 Å². The molecular formula is C30H33ClF2N2O11. The average Bonchev–Trinajstić information content (AvgIpc) is 3.66. The zero-order chi connectivity index (χ0) is 33.3. The van der Waals surface area contributed by atoms with Crippen LogP contribution >= 0.6 is 11.6 Å². The number of carbonyl (C=O) groups is 1. The first-order valence-corrected chi connectivity index (χ1v) is 14.6. The van der Waals surface area contributed by atoms with Crippen molar-refractivity contribution in [3.8, 4) is 11.5 Å². The molecule has 0 bridgehead atoms. The minimum Gasteiger partial charge on any atom is -0.504 e. The molecule has 0 spiro atoms. The Morgan fingerprint density at radius 3 is 2.52 bits per heavy atom.